The molecule has 3 N–H and O–H groups in total. The van der Waals surface area contributed by atoms with E-state index in [2.05, 4.69) is 20.9 Å². The van der Waals surface area contributed by atoms with E-state index in [1.807, 2.05) is 84.9 Å². The summed E-state index contributed by atoms with van der Waals surface area (Å²) in [6, 6.07) is 26.3. The lowest BCUT2D eigenvalue weighted by atomic mass is 10.1. The Balaban J connectivity index is 1.34. The molecule has 3 aromatic rings. The molecule has 3 amide bonds. The fourth-order valence-electron chi connectivity index (χ4n) is 4.05. The molecule has 35 heavy (non-hydrogen) atoms. The summed E-state index contributed by atoms with van der Waals surface area (Å²) >= 11 is 0. The molecule has 1 aliphatic heterocycles. The van der Waals surface area contributed by atoms with Crippen LogP contribution in [0.2, 0.25) is 0 Å². The monoisotopic (exact) mass is 472 g/mol. The van der Waals surface area contributed by atoms with Gasteiger partial charge in [0.25, 0.3) is 0 Å². The van der Waals surface area contributed by atoms with Crippen LogP contribution in [0.1, 0.15) is 5.56 Å². The number of nitrogens with zero attached hydrogens (tertiary/aromatic N) is 1. The highest BCUT2D eigenvalue weighted by Crippen LogP contribution is 2.21. The zero-order valence-corrected chi connectivity index (χ0v) is 19.8. The maximum atomic E-state index is 13.0. The zero-order valence-electron chi connectivity index (χ0n) is 19.8. The lowest BCUT2D eigenvalue weighted by molar-refractivity contribution is -0.123. The average Bonchev–Trinajstić information content (AvgIpc) is 2.90. The summed E-state index contributed by atoms with van der Waals surface area (Å²) in [6.45, 7) is 4.46. The number of amides is 3. The summed E-state index contributed by atoms with van der Waals surface area (Å²) < 4.78 is 5.37. The van der Waals surface area contributed by atoms with Crippen LogP contribution in [0.3, 0.4) is 0 Å². The predicted octanol–water partition coefficient (Wildman–Crippen LogP) is 3.53. The van der Waals surface area contributed by atoms with Gasteiger partial charge >= 0.3 is 6.03 Å². The highest BCUT2D eigenvalue weighted by atomic mass is 16.5. The molecule has 7 heteroatoms. The Morgan fingerprint density at radius 2 is 1.46 bits per heavy atom. The molecule has 1 aliphatic rings. The third kappa shape index (κ3) is 7.67. The molecule has 0 bridgehead atoms. The third-order valence-corrected chi connectivity index (χ3v) is 5.99. The lowest BCUT2D eigenvalue weighted by Crippen LogP contribution is -2.51. The van der Waals surface area contributed by atoms with Crippen LogP contribution in [0.15, 0.2) is 84.9 Å². The molecule has 1 heterocycles. The Labute approximate surface area is 206 Å². The summed E-state index contributed by atoms with van der Waals surface area (Å²) in [7, 11) is 0. The van der Waals surface area contributed by atoms with Gasteiger partial charge in [-0.05, 0) is 28.8 Å². The molecule has 0 saturated carbocycles. The van der Waals surface area contributed by atoms with E-state index in [-0.39, 0.29) is 5.91 Å². The average molecular weight is 473 g/mol. The van der Waals surface area contributed by atoms with Crippen molar-refractivity contribution in [3.05, 3.63) is 90.5 Å². The number of anilines is 1. The van der Waals surface area contributed by atoms with E-state index in [0.717, 1.165) is 49.5 Å². The Morgan fingerprint density at radius 3 is 2.14 bits per heavy atom. The quantitative estimate of drug-likeness (QED) is 0.445. The van der Waals surface area contributed by atoms with Crippen molar-refractivity contribution < 1.29 is 14.3 Å². The number of hydrogen-bond donors (Lipinski definition) is 3. The van der Waals surface area contributed by atoms with E-state index in [4.69, 9.17) is 4.74 Å². The Hall–Kier alpha value is -3.68. The summed E-state index contributed by atoms with van der Waals surface area (Å²) in [6.07, 6.45) is 0.407. The van der Waals surface area contributed by atoms with E-state index in [1.165, 1.54) is 0 Å². The van der Waals surface area contributed by atoms with Crippen molar-refractivity contribution in [1.82, 2.24) is 15.5 Å². The van der Waals surface area contributed by atoms with Gasteiger partial charge in [-0.25, -0.2) is 4.79 Å². The number of carbonyl (C=O) groups excluding carboxylic acids is 2. The second-order valence-corrected chi connectivity index (χ2v) is 8.53. The lowest BCUT2D eigenvalue weighted by Gasteiger charge is -2.27. The SMILES string of the molecule is O=C(Nc1ccc(-c2ccccc2)cc1)NC(Cc1ccccc1)C(=O)NCCN1CCOCC1. The van der Waals surface area contributed by atoms with E-state index >= 15 is 0 Å². The number of morpholine rings is 1. The summed E-state index contributed by atoms with van der Waals surface area (Å²) in [5.41, 5.74) is 3.82. The summed E-state index contributed by atoms with van der Waals surface area (Å²) in [5, 5.41) is 8.68. The molecule has 4 rings (SSSR count). The molecule has 0 aliphatic carbocycles. The van der Waals surface area contributed by atoms with Gasteiger partial charge in [-0.3, -0.25) is 9.69 Å². The topological polar surface area (TPSA) is 82.7 Å². The van der Waals surface area contributed by atoms with Gasteiger partial charge in [0.15, 0.2) is 0 Å². The number of carbonyl (C=O) groups is 2. The second-order valence-electron chi connectivity index (χ2n) is 8.53. The molecule has 7 nitrogen and oxygen atoms in total. The van der Waals surface area contributed by atoms with Gasteiger partial charge < -0.3 is 20.7 Å². The zero-order chi connectivity index (χ0) is 24.3. The van der Waals surface area contributed by atoms with Crippen LogP contribution in [0.4, 0.5) is 10.5 Å². The number of ether oxygens (including phenoxy) is 1. The van der Waals surface area contributed by atoms with Crippen LogP contribution in [0.25, 0.3) is 11.1 Å². The molecule has 0 aromatic heterocycles. The van der Waals surface area contributed by atoms with Gasteiger partial charge in [0.05, 0.1) is 13.2 Å². The standard InChI is InChI=1S/C28H32N4O3/c33-27(29-15-16-32-17-19-35-20-18-32)26(21-22-7-3-1-4-8-22)31-28(34)30-25-13-11-24(12-14-25)23-9-5-2-6-10-23/h1-14,26H,15-21H2,(H,29,33)(H2,30,31,34). The van der Waals surface area contributed by atoms with Crippen molar-refractivity contribution in [2.75, 3.05) is 44.7 Å². The van der Waals surface area contributed by atoms with Crippen molar-refractivity contribution in [3.63, 3.8) is 0 Å². The molecule has 0 radical (unpaired) electrons. The van der Waals surface area contributed by atoms with Crippen molar-refractivity contribution in [1.29, 1.82) is 0 Å². The first-order valence-electron chi connectivity index (χ1n) is 12.0. The Bertz CT molecular complexity index is 1070. The normalized spacial score (nSPS) is 14.6. The van der Waals surface area contributed by atoms with Gasteiger partial charge in [0.2, 0.25) is 5.91 Å². The Kier molecular flexibility index (Phi) is 8.86. The molecular weight excluding hydrogens is 440 g/mol. The first-order valence-corrected chi connectivity index (χ1v) is 12.0. The van der Waals surface area contributed by atoms with Gasteiger partial charge in [0, 0.05) is 38.3 Å². The molecular formula is C28H32N4O3. The molecule has 182 valence electrons. The van der Waals surface area contributed by atoms with Crippen LogP contribution in [-0.4, -0.2) is 62.3 Å². The summed E-state index contributed by atoms with van der Waals surface area (Å²) in [5.74, 6) is -0.198. The molecule has 1 saturated heterocycles. The first-order chi connectivity index (χ1) is 17.2. The van der Waals surface area contributed by atoms with E-state index in [1.54, 1.807) is 0 Å². The van der Waals surface area contributed by atoms with Crippen LogP contribution >= 0.6 is 0 Å². The molecule has 1 fully saturated rings. The smallest absolute Gasteiger partial charge is 0.319 e. The van der Waals surface area contributed by atoms with Crippen molar-refractivity contribution >= 4 is 17.6 Å². The van der Waals surface area contributed by atoms with Crippen LogP contribution in [0, 0.1) is 0 Å². The number of hydrogen-bond acceptors (Lipinski definition) is 4. The van der Waals surface area contributed by atoms with E-state index < -0.39 is 12.1 Å². The van der Waals surface area contributed by atoms with Gasteiger partial charge in [-0.1, -0.05) is 72.8 Å². The Morgan fingerprint density at radius 1 is 0.829 bits per heavy atom. The number of nitrogens with one attached hydrogen (secondary N) is 3. The predicted molar refractivity (Wildman–Crippen MR) is 138 cm³/mol. The van der Waals surface area contributed by atoms with Crippen molar-refractivity contribution in [2.24, 2.45) is 0 Å². The number of benzene rings is 3. The first kappa shape index (κ1) is 24.4. The highest BCUT2D eigenvalue weighted by molar-refractivity contribution is 5.94. The van der Waals surface area contributed by atoms with Crippen molar-refractivity contribution in [2.45, 2.75) is 12.5 Å². The maximum Gasteiger partial charge on any atom is 0.319 e. The van der Waals surface area contributed by atoms with Crippen LogP contribution < -0.4 is 16.0 Å². The molecule has 1 unspecified atom stereocenters. The van der Waals surface area contributed by atoms with Crippen molar-refractivity contribution in [3.8, 4) is 11.1 Å². The maximum absolute atomic E-state index is 13.0. The largest absolute Gasteiger partial charge is 0.379 e. The number of rotatable bonds is 9. The summed E-state index contributed by atoms with van der Waals surface area (Å²) in [4.78, 5) is 28.0. The minimum absolute atomic E-state index is 0.198. The number of urea groups is 1. The molecule has 1 atom stereocenters. The minimum atomic E-state index is -0.689. The van der Waals surface area contributed by atoms with Crippen LogP contribution in [-0.2, 0) is 16.0 Å². The van der Waals surface area contributed by atoms with Crippen LogP contribution in [0.5, 0.6) is 0 Å². The van der Waals surface area contributed by atoms with E-state index in [9.17, 15) is 9.59 Å². The van der Waals surface area contributed by atoms with Gasteiger partial charge in [-0.2, -0.15) is 0 Å². The minimum Gasteiger partial charge on any atom is -0.379 e. The van der Waals surface area contributed by atoms with Gasteiger partial charge in [-0.15, -0.1) is 0 Å². The fourth-order valence-corrected chi connectivity index (χ4v) is 4.05. The second kappa shape index (κ2) is 12.7. The third-order valence-electron chi connectivity index (χ3n) is 5.99. The fraction of sp³-hybridized carbons (Fsp3) is 0.286. The molecule has 3 aromatic carbocycles. The highest BCUT2D eigenvalue weighted by Gasteiger charge is 2.21. The van der Waals surface area contributed by atoms with E-state index in [0.29, 0.717) is 18.7 Å². The van der Waals surface area contributed by atoms with Gasteiger partial charge in [0.1, 0.15) is 6.04 Å². The molecule has 0 spiro atoms.